The van der Waals surface area contributed by atoms with E-state index in [1.54, 1.807) is 0 Å². The Hall–Kier alpha value is -1.16. The predicted octanol–water partition coefficient (Wildman–Crippen LogP) is 3.49. The topological polar surface area (TPSA) is 47.0 Å². The molecule has 0 atom stereocenters. The summed E-state index contributed by atoms with van der Waals surface area (Å²) >= 11 is 0. The highest BCUT2D eigenvalue weighted by molar-refractivity contribution is 5.17. The van der Waals surface area contributed by atoms with Crippen LogP contribution in [0, 0.1) is 18.8 Å². The van der Waals surface area contributed by atoms with Gasteiger partial charge in [-0.3, -0.25) is 0 Å². The first kappa shape index (κ1) is 16.2. The summed E-state index contributed by atoms with van der Waals surface area (Å²) in [5.74, 6) is 1.35. The van der Waals surface area contributed by atoms with Gasteiger partial charge in [0.2, 0.25) is 0 Å². The van der Waals surface area contributed by atoms with Crippen LogP contribution in [0.5, 0.6) is 6.01 Å². The van der Waals surface area contributed by atoms with Crippen LogP contribution in [-0.2, 0) is 6.54 Å². The molecule has 0 unspecified atom stereocenters. The zero-order valence-corrected chi connectivity index (χ0v) is 13.7. The Morgan fingerprint density at radius 1 is 1.29 bits per heavy atom. The third-order valence-electron chi connectivity index (χ3n) is 4.10. The first-order valence-electron chi connectivity index (χ1n) is 8.31. The molecular formula is C17H29N3O. The average Bonchev–Trinajstić information content (AvgIpc) is 2.48. The van der Waals surface area contributed by atoms with Crippen LogP contribution in [0.4, 0.5) is 0 Å². The summed E-state index contributed by atoms with van der Waals surface area (Å²) in [6.07, 6.45) is 8.53. The van der Waals surface area contributed by atoms with Crippen molar-refractivity contribution in [2.45, 2.75) is 59.4 Å². The number of aryl methyl sites for hydroxylation is 1. The molecule has 1 aliphatic rings. The predicted molar refractivity (Wildman–Crippen MR) is 85.4 cm³/mol. The van der Waals surface area contributed by atoms with Crippen molar-refractivity contribution in [1.82, 2.24) is 15.3 Å². The Morgan fingerprint density at radius 3 is 2.71 bits per heavy atom. The van der Waals surface area contributed by atoms with Gasteiger partial charge < -0.3 is 10.1 Å². The third kappa shape index (κ3) is 5.62. The van der Waals surface area contributed by atoms with Gasteiger partial charge in [-0.15, -0.1) is 0 Å². The molecule has 0 aliphatic heterocycles. The van der Waals surface area contributed by atoms with Crippen molar-refractivity contribution in [3.05, 3.63) is 17.5 Å². The molecule has 0 saturated heterocycles. The minimum Gasteiger partial charge on any atom is -0.463 e. The molecule has 21 heavy (non-hydrogen) atoms. The quantitative estimate of drug-likeness (QED) is 0.835. The van der Waals surface area contributed by atoms with Gasteiger partial charge in [-0.1, -0.05) is 33.1 Å². The highest BCUT2D eigenvalue weighted by Gasteiger charge is 2.14. The minimum absolute atomic E-state index is 0.533. The van der Waals surface area contributed by atoms with E-state index in [0.717, 1.165) is 31.0 Å². The molecule has 4 nitrogen and oxygen atoms in total. The molecule has 0 aromatic carbocycles. The van der Waals surface area contributed by atoms with Crippen molar-refractivity contribution in [1.29, 1.82) is 0 Å². The maximum atomic E-state index is 5.78. The summed E-state index contributed by atoms with van der Waals surface area (Å²) < 4.78 is 5.78. The monoisotopic (exact) mass is 291 g/mol. The summed E-state index contributed by atoms with van der Waals surface area (Å²) in [5.41, 5.74) is 2.17. The second kappa shape index (κ2) is 8.32. The molecule has 1 N–H and O–H groups in total. The molecule has 0 spiro atoms. The Labute approximate surface area is 128 Å². The van der Waals surface area contributed by atoms with Gasteiger partial charge in [-0.05, 0) is 38.1 Å². The second-order valence-corrected chi connectivity index (χ2v) is 6.60. The Balaban J connectivity index is 1.80. The van der Waals surface area contributed by atoms with Gasteiger partial charge in [-0.25, -0.2) is 9.97 Å². The van der Waals surface area contributed by atoms with Gasteiger partial charge in [0.15, 0.2) is 0 Å². The van der Waals surface area contributed by atoms with E-state index >= 15 is 0 Å². The highest BCUT2D eigenvalue weighted by atomic mass is 16.5. The van der Waals surface area contributed by atoms with Gasteiger partial charge in [0.05, 0.1) is 6.61 Å². The fourth-order valence-corrected chi connectivity index (χ4v) is 2.76. The molecule has 1 fully saturated rings. The van der Waals surface area contributed by atoms with Crippen LogP contribution in [0.3, 0.4) is 0 Å². The molecule has 0 radical (unpaired) electrons. The van der Waals surface area contributed by atoms with Gasteiger partial charge in [-0.2, -0.15) is 0 Å². The van der Waals surface area contributed by atoms with Gasteiger partial charge in [0, 0.05) is 24.0 Å². The lowest BCUT2D eigenvalue weighted by Crippen LogP contribution is -2.20. The molecule has 1 aromatic rings. The Morgan fingerprint density at radius 2 is 2.05 bits per heavy atom. The Kier molecular flexibility index (Phi) is 6.43. The number of hydrogen-bond donors (Lipinski definition) is 1. The van der Waals surface area contributed by atoms with Crippen LogP contribution in [-0.4, -0.2) is 23.1 Å². The lowest BCUT2D eigenvalue weighted by Gasteiger charge is -2.21. The van der Waals surface area contributed by atoms with Gasteiger partial charge >= 0.3 is 6.01 Å². The molecule has 2 rings (SSSR count). The van der Waals surface area contributed by atoms with E-state index < -0.39 is 0 Å². The van der Waals surface area contributed by atoms with Crippen molar-refractivity contribution >= 4 is 0 Å². The summed E-state index contributed by atoms with van der Waals surface area (Å²) in [6.45, 7) is 9.05. The average molecular weight is 291 g/mol. The molecule has 1 aromatic heterocycles. The smallest absolute Gasteiger partial charge is 0.316 e. The van der Waals surface area contributed by atoms with Crippen LogP contribution in [0.1, 0.15) is 57.2 Å². The normalized spacial score (nSPS) is 16.4. The number of nitrogens with one attached hydrogen (secondary N) is 1. The van der Waals surface area contributed by atoms with E-state index in [9.17, 15) is 0 Å². The van der Waals surface area contributed by atoms with E-state index in [-0.39, 0.29) is 0 Å². The summed E-state index contributed by atoms with van der Waals surface area (Å²) in [6, 6.07) is 0.533. The van der Waals surface area contributed by atoms with E-state index in [2.05, 4.69) is 29.1 Å². The third-order valence-corrected chi connectivity index (χ3v) is 4.10. The molecule has 0 amide bonds. The van der Waals surface area contributed by atoms with Crippen molar-refractivity contribution < 1.29 is 4.74 Å². The lowest BCUT2D eigenvalue weighted by molar-refractivity contribution is 0.196. The van der Waals surface area contributed by atoms with Crippen molar-refractivity contribution in [3.63, 3.8) is 0 Å². The van der Waals surface area contributed by atoms with E-state index in [4.69, 9.17) is 4.74 Å². The summed E-state index contributed by atoms with van der Waals surface area (Å²) in [7, 11) is 0. The van der Waals surface area contributed by atoms with E-state index in [1.165, 1.54) is 32.1 Å². The first-order chi connectivity index (χ1) is 10.1. The van der Waals surface area contributed by atoms with Crippen LogP contribution in [0.25, 0.3) is 0 Å². The zero-order chi connectivity index (χ0) is 15.1. The van der Waals surface area contributed by atoms with Crippen molar-refractivity contribution in [3.8, 4) is 6.01 Å². The zero-order valence-electron chi connectivity index (χ0n) is 13.7. The van der Waals surface area contributed by atoms with Crippen LogP contribution >= 0.6 is 0 Å². The van der Waals surface area contributed by atoms with Crippen molar-refractivity contribution in [2.24, 2.45) is 11.8 Å². The first-order valence-corrected chi connectivity index (χ1v) is 8.31. The molecule has 118 valence electrons. The van der Waals surface area contributed by atoms with Crippen LogP contribution in [0.15, 0.2) is 6.20 Å². The molecule has 0 bridgehead atoms. The number of aromatic nitrogens is 2. The van der Waals surface area contributed by atoms with Crippen molar-refractivity contribution in [2.75, 3.05) is 13.2 Å². The standard InChI is InChI=1S/C17H29N3O/c1-13(2)9-18-10-16-11-19-17(20-14(16)3)21-12-15-7-5-4-6-8-15/h11,13,15,18H,4-10,12H2,1-3H3. The highest BCUT2D eigenvalue weighted by Crippen LogP contribution is 2.24. The SMILES string of the molecule is Cc1nc(OCC2CCCCC2)ncc1CNCC(C)C. The molecular weight excluding hydrogens is 262 g/mol. The molecule has 4 heteroatoms. The summed E-state index contributed by atoms with van der Waals surface area (Å²) in [4.78, 5) is 8.83. The fraction of sp³-hybridized carbons (Fsp3) is 0.765. The lowest BCUT2D eigenvalue weighted by atomic mass is 9.90. The number of nitrogens with zero attached hydrogens (tertiary/aromatic N) is 2. The van der Waals surface area contributed by atoms with Gasteiger partial charge in [0.25, 0.3) is 0 Å². The number of ether oxygens (including phenoxy) is 1. The Bertz CT molecular complexity index is 428. The fourth-order valence-electron chi connectivity index (χ4n) is 2.76. The molecule has 1 saturated carbocycles. The maximum absolute atomic E-state index is 5.78. The number of rotatable bonds is 7. The van der Waals surface area contributed by atoms with Crippen LogP contribution < -0.4 is 10.1 Å². The molecule has 1 aliphatic carbocycles. The maximum Gasteiger partial charge on any atom is 0.316 e. The summed E-state index contributed by atoms with van der Waals surface area (Å²) in [5, 5.41) is 3.42. The second-order valence-electron chi connectivity index (χ2n) is 6.60. The number of hydrogen-bond acceptors (Lipinski definition) is 4. The largest absolute Gasteiger partial charge is 0.463 e. The van der Waals surface area contributed by atoms with Crippen LogP contribution in [0.2, 0.25) is 0 Å². The molecule has 1 heterocycles. The minimum atomic E-state index is 0.533. The van der Waals surface area contributed by atoms with E-state index in [0.29, 0.717) is 17.8 Å². The van der Waals surface area contributed by atoms with E-state index in [1.807, 2.05) is 13.1 Å². The van der Waals surface area contributed by atoms with Gasteiger partial charge in [0.1, 0.15) is 0 Å².